The lowest BCUT2D eigenvalue weighted by molar-refractivity contribution is 0.0236. The number of nitrogens with zero attached hydrogens (tertiary/aromatic N) is 2. The molecule has 1 aromatic heterocycles. The third kappa shape index (κ3) is 3.37. The maximum Gasteiger partial charge on any atom is 0.248 e. The van der Waals surface area contributed by atoms with Crippen molar-refractivity contribution in [3.8, 4) is 5.75 Å². The van der Waals surface area contributed by atoms with E-state index in [9.17, 15) is 9.90 Å². The number of rotatable bonds is 4. The number of benzene rings is 2. The highest BCUT2D eigenvalue weighted by Gasteiger charge is 2.27. The predicted octanol–water partition coefficient (Wildman–Crippen LogP) is 2.46. The Kier molecular flexibility index (Phi) is 4.75. The Balaban J connectivity index is 1.83. The Morgan fingerprint density at radius 3 is 2.56 bits per heavy atom. The van der Waals surface area contributed by atoms with Crippen LogP contribution >= 0.6 is 0 Å². The van der Waals surface area contributed by atoms with Crippen molar-refractivity contribution < 1.29 is 14.6 Å². The number of amides is 1. The van der Waals surface area contributed by atoms with E-state index in [1.165, 1.54) is 0 Å². The zero-order chi connectivity index (χ0) is 18.8. The Morgan fingerprint density at radius 2 is 1.85 bits per heavy atom. The molecule has 3 N–H and O–H groups in total. The molecule has 1 unspecified atom stereocenters. The minimum atomic E-state index is -0.456. The molecule has 6 nitrogen and oxygen atoms in total. The summed E-state index contributed by atoms with van der Waals surface area (Å²) in [6.07, 6.45) is 1.68. The minimum Gasteiger partial charge on any atom is -0.505 e. The molecule has 2 aromatic carbocycles. The van der Waals surface area contributed by atoms with Crippen molar-refractivity contribution in [2.75, 3.05) is 26.3 Å². The summed E-state index contributed by atoms with van der Waals surface area (Å²) in [6.45, 7) is 2.79. The van der Waals surface area contributed by atoms with Crippen molar-refractivity contribution in [3.63, 3.8) is 0 Å². The van der Waals surface area contributed by atoms with Gasteiger partial charge in [0.15, 0.2) is 0 Å². The molecule has 1 aliphatic heterocycles. The molecule has 0 saturated carbocycles. The number of primary amides is 1. The summed E-state index contributed by atoms with van der Waals surface area (Å²) in [5.41, 5.74) is 8.18. The third-order valence-electron chi connectivity index (χ3n) is 5.00. The fourth-order valence-electron chi connectivity index (χ4n) is 3.62. The van der Waals surface area contributed by atoms with Gasteiger partial charge >= 0.3 is 0 Å². The molecule has 1 aliphatic rings. The third-order valence-corrected chi connectivity index (χ3v) is 5.00. The number of hydrogen-bond acceptors (Lipinski definition) is 5. The minimum absolute atomic E-state index is 0.165. The van der Waals surface area contributed by atoms with Gasteiger partial charge in [0.1, 0.15) is 11.3 Å². The summed E-state index contributed by atoms with van der Waals surface area (Å²) < 4.78 is 5.49. The smallest absolute Gasteiger partial charge is 0.248 e. The first kappa shape index (κ1) is 17.5. The maximum atomic E-state index is 11.4. The quantitative estimate of drug-likeness (QED) is 0.743. The Morgan fingerprint density at radius 1 is 1.11 bits per heavy atom. The van der Waals surface area contributed by atoms with E-state index in [1.807, 2.05) is 36.4 Å². The lowest BCUT2D eigenvalue weighted by Gasteiger charge is -2.35. The lowest BCUT2D eigenvalue weighted by atomic mass is 9.94. The van der Waals surface area contributed by atoms with Crippen LogP contribution in [0.4, 0.5) is 0 Å². The summed E-state index contributed by atoms with van der Waals surface area (Å²) in [4.78, 5) is 18.0. The van der Waals surface area contributed by atoms with E-state index in [1.54, 1.807) is 18.3 Å². The van der Waals surface area contributed by atoms with Crippen molar-refractivity contribution in [1.82, 2.24) is 9.88 Å². The van der Waals surface area contributed by atoms with Gasteiger partial charge in [0.25, 0.3) is 0 Å². The number of hydrogen-bond donors (Lipinski definition) is 2. The van der Waals surface area contributed by atoms with Gasteiger partial charge in [-0.1, -0.05) is 30.3 Å². The molecule has 1 saturated heterocycles. The Hall–Kier alpha value is -2.96. The van der Waals surface area contributed by atoms with Crippen LogP contribution in [0.15, 0.2) is 54.7 Å². The van der Waals surface area contributed by atoms with Crippen LogP contribution in [0.3, 0.4) is 0 Å². The van der Waals surface area contributed by atoms with E-state index in [4.69, 9.17) is 10.5 Å². The van der Waals surface area contributed by atoms with E-state index < -0.39 is 5.91 Å². The van der Waals surface area contributed by atoms with Gasteiger partial charge in [-0.05, 0) is 23.8 Å². The highest BCUT2D eigenvalue weighted by atomic mass is 16.5. The number of aromatic nitrogens is 1. The molecule has 0 radical (unpaired) electrons. The van der Waals surface area contributed by atoms with Crippen molar-refractivity contribution in [2.45, 2.75) is 6.04 Å². The molecule has 1 fully saturated rings. The average Bonchev–Trinajstić information content (AvgIpc) is 2.71. The molecule has 0 spiro atoms. The highest BCUT2D eigenvalue weighted by molar-refractivity contribution is 5.92. The number of fused-ring (bicyclic) bond motifs is 1. The van der Waals surface area contributed by atoms with E-state index >= 15 is 0 Å². The molecule has 6 heteroatoms. The van der Waals surface area contributed by atoms with Crippen LogP contribution in [-0.4, -0.2) is 47.2 Å². The number of phenols is 1. The maximum absolute atomic E-state index is 11.4. The van der Waals surface area contributed by atoms with Crippen LogP contribution in [-0.2, 0) is 4.74 Å². The number of nitrogens with two attached hydrogens (primary N) is 1. The van der Waals surface area contributed by atoms with E-state index in [0.29, 0.717) is 24.3 Å². The number of ether oxygens (including phenoxy) is 1. The van der Waals surface area contributed by atoms with Crippen molar-refractivity contribution in [1.29, 1.82) is 0 Å². The fraction of sp³-hybridized carbons (Fsp3) is 0.238. The van der Waals surface area contributed by atoms with E-state index in [0.717, 1.165) is 29.6 Å². The van der Waals surface area contributed by atoms with Crippen LogP contribution in [0.25, 0.3) is 10.9 Å². The number of aromatic hydroxyl groups is 1. The van der Waals surface area contributed by atoms with Crippen LogP contribution < -0.4 is 5.73 Å². The number of pyridine rings is 1. The fourth-order valence-corrected chi connectivity index (χ4v) is 3.62. The topological polar surface area (TPSA) is 88.7 Å². The van der Waals surface area contributed by atoms with Crippen LogP contribution in [0, 0.1) is 0 Å². The number of carbonyl (C=O) groups excluding carboxylic acids is 1. The Bertz CT molecular complexity index is 966. The summed E-state index contributed by atoms with van der Waals surface area (Å²) in [7, 11) is 0. The molecule has 4 rings (SSSR count). The molecule has 0 bridgehead atoms. The summed E-state index contributed by atoms with van der Waals surface area (Å²) in [6, 6.07) is 14.8. The van der Waals surface area contributed by atoms with E-state index in [2.05, 4.69) is 9.88 Å². The Labute approximate surface area is 157 Å². The SMILES string of the molecule is NC(=O)c1ccc(C(c2ccc3cccnc3c2O)N2CCOCC2)cc1. The van der Waals surface area contributed by atoms with Crippen molar-refractivity contribution >= 4 is 16.8 Å². The molecule has 0 aliphatic carbocycles. The molecule has 27 heavy (non-hydrogen) atoms. The first-order chi connectivity index (χ1) is 13.1. The molecular formula is C21H21N3O3. The normalized spacial score (nSPS) is 16.3. The molecule has 1 atom stereocenters. The zero-order valence-electron chi connectivity index (χ0n) is 14.8. The van der Waals surface area contributed by atoms with Gasteiger partial charge in [0.2, 0.25) is 5.91 Å². The number of carbonyl (C=O) groups is 1. The van der Waals surface area contributed by atoms with Crippen molar-refractivity contribution in [2.24, 2.45) is 5.73 Å². The summed E-state index contributed by atoms with van der Waals surface area (Å²) in [5.74, 6) is -0.272. The van der Waals surface area contributed by atoms with Crippen molar-refractivity contribution in [3.05, 3.63) is 71.4 Å². The van der Waals surface area contributed by atoms with E-state index in [-0.39, 0.29) is 11.8 Å². The molecule has 138 valence electrons. The first-order valence-corrected chi connectivity index (χ1v) is 8.93. The molecule has 3 aromatic rings. The monoisotopic (exact) mass is 363 g/mol. The van der Waals surface area contributed by atoms with Gasteiger partial charge < -0.3 is 15.6 Å². The van der Waals surface area contributed by atoms with Gasteiger partial charge in [-0.3, -0.25) is 14.7 Å². The first-order valence-electron chi connectivity index (χ1n) is 8.93. The van der Waals surface area contributed by atoms with Gasteiger partial charge in [0, 0.05) is 35.8 Å². The van der Waals surface area contributed by atoms with Gasteiger partial charge in [-0.2, -0.15) is 0 Å². The van der Waals surface area contributed by atoms with Gasteiger partial charge in [-0.15, -0.1) is 0 Å². The molecular weight excluding hydrogens is 342 g/mol. The molecule has 2 heterocycles. The average molecular weight is 363 g/mol. The highest BCUT2D eigenvalue weighted by Crippen LogP contribution is 2.38. The van der Waals surface area contributed by atoms with Gasteiger partial charge in [0.05, 0.1) is 19.3 Å². The largest absolute Gasteiger partial charge is 0.505 e. The zero-order valence-corrected chi connectivity index (χ0v) is 14.8. The second kappa shape index (κ2) is 7.34. The molecule has 1 amide bonds. The predicted molar refractivity (Wildman–Crippen MR) is 103 cm³/mol. The number of morpholine rings is 1. The van der Waals surface area contributed by atoms with Gasteiger partial charge in [-0.25, -0.2) is 0 Å². The second-order valence-corrected chi connectivity index (χ2v) is 6.62. The summed E-state index contributed by atoms with van der Waals surface area (Å²) >= 11 is 0. The summed E-state index contributed by atoms with van der Waals surface area (Å²) in [5, 5.41) is 11.9. The van der Waals surface area contributed by atoms with Crippen LogP contribution in [0.1, 0.15) is 27.5 Å². The number of phenolic OH excluding ortho intramolecular Hbond substituents is 1. The standard InChI is InChI=1S/C21H21N3O3/c22-21(26)16-5-3-15(4-6-16)19(24-10-12-27-13-11-24)17-8-7-14-2-1-9-23-18(14)20(17)25/h1-9,19,25H,10-13H2,(H2,22,26). The van der Waals surface area contributed by atoms with Crippen LogP contribution in [0.5, 0.6) is 5.75 Å². The second-order valence-electron chi connectivity index (χ2n) is 6.62. The van der Waals surface area contributed by atoms with Crippen LogP contribution in [0.2, 0.25) is 0 Å². The lowest BCUT2D eigenvalue weighted by Crippen LogP contribution is -2.39.